The third-order valence-electron chi connectivity index (χ3n) is 6.46. The number of ether oxygens (including phenoxy) is 2. The van der Waals surface area contributed by atoms with E-state index in [-0.39, 0.29) is 19.4 Å². The number of carbonyl (C=O) groups is 3. The number of phosphoric acid groups is 1. The molecule has 0 aromatic heterocycles. The smallest absolute Gasteiger partial charge is 0.472 e. The topological polar surface area (TPSA) is 172 Å². The summed E-state index contributed by atoms with van der Waals surface area (Å²) in [6, 6.07) is -1.52. The van der Waals surface area contributed by atoms with Crippen molar-refractivity contribution in [3.8, 4) is 0 Å². The molecule has 0 aromatic rings. The number of hydrogen-bond acceptors (Lipinski definition) is 9. The molecule has 0 spiro atoms. The summed E-state index contributed by atoms with van der Waals surface area (Å²) < 4.78 is 32.3. The Morgan fingerprint density at radius 1 is 0.727 bits per heavy atom. The molecule has 0 bridgehead atoms. The van der Waals surface area contributed by atoms with E-state index >= 15 is 0 Å². The normalized spacial score (nSPS) is 14.6. The fourth-order valence-corrected chi connectivity index (χ4v) is 4.66. The van der Waals surface area contributed by atoms with Gasteiger partial charge in [0.15, 0.2) is 6.10 Å². The molecule has 254 valence electrons. The minimum absolute atomic E-state index is 0.138. The Hall–Kier alpha value is -2.30. The maximum Gasteiger partial charge on any atom is 0.472 e. The van der Waals surface area contributed by atoms with E-state index in [1.54, 1.807) is 0 Å². The molecule has 0 rings (SSSR count). The number of allylic oxidation sites excluding steroid dienone is 6. The molecule has 0 radical (unpaired) electrons. The molecule has 3 atom stereocenters. The number of carbonyl (C=O) groups excluding carboxylic acids is 2. The SMILES string of the molecule is CC/C=C/C=C/C=C/CCCCCCCC(=O)OC(COC(=O)CCCCCCCCC)COP(=O)(O)OC[C@H](N)C(=O)O. The van der Waals surface area contributed by atoms with E-state index in [1.165, 1.54) is 19.3 Å². The van der Waals surface area contributed by atoms with Crippen LogP contribution in [0.2, 0.25) is 0 Å². The molecule has 2 unspecified atom stereocenters. The van der Waals surface area contributed by atoms with Gasteiger partial charge in [0.1, 0.15) is 12.6 Å². The lowest BCUT2D eigenvalue weighted by Gasteiger charge is -2.20. The summed E-state index contributed by atoms with van der Waals surface area (Å²) in [5.74, 6) is -2.42. The zero-order valence-electron chi connectivity index (χ0n) is 26.7. The van der Waals surface area contributed by atoms with Gasteiger partial charge in [0.05, 0.1) is 13.2 Å². The van der Waals surface area contributed by atoms with E-state index in [4.69, 9.17) is 24.8 Å². The molecule has 4 N–H and O–H groups in total. The molecule has 0 saturated heterocycles. The van der Waals surface area contributed by atoms with Crippen molar-refractivity contribution in [1.29, 1.82) is 0 Å². The first-order chi connectivity index (χ1) is 21.1. The maximum absolute atomic E-state index is 12.4. The van der Waals surface area contributed by atoms with Crippen LogP contribution in [-0.2, 0) is 37.5 Å². The Labute approximate surface area is 263 Å². The van der Waals surface area contributed by atoms with Gasteiger partial charge in [-0.2, -0.15) is 0 Å². The van der Waals surface area contributed by atoms with Crippen LogP contribution in [0.5, 0.6) is 0 Å². The summed E-state index contributed by atoms with van der Waals surface area (Å²) in [7, 11) is -4.70. The summed E-state index contributed by atoms with van der Waals surface area (Å²) in [4.78, 5) is 45.3. The van der Waals surface area contributed by atoms with Gasteiger partial charge in [-0.05, 0) is 32.1 Å². The molecule has 0 fully saturated rings. The van der Waals surface area contributed by atoms with Gasteiger partial charge in [-0.25, -0.2) is 4.57 Å². The first kappa shape index (κ1) is 41.7. The Bertz CT molecular complexity index is 905. The maximum atomic E-state index is 12.4. The number of unbranched alkanes of at least 4 members (excludes halogenated alkanes) is 11. The minimum Gasteiger partial charge on any atom is -0.480 e. The average Bonchev–Trinajstić information content (AvgIpc) is 2.99. The molecule has 0 heterocycles. The van der Waals surface area contributed by atoms with Crippen molar-refractivity contribution in [2.75, 3.05) is 19.8 Å². The number of carboxylic acids is 1. The number of rotatable bonds is 29. The second kappa shape index (κ2) is 28.2. The van der Waals surface area contributed by atoms with Crippen LogP contribution in [0, 0.1) is 0 Å². The second-order valence-corrected chi connectivity index (χ2v) is 12.1. The lowest BCUT2D eigenvalue weighted by atomic mass is 10.1. The summed E-state index contributed by atoms with van der Waals surface area (Å²) in [6.07, 6.45) is 25.4. The van der Waals surface area contributed by atoms with E-state index in [2.05, 4.69) is 30.5 Å². The number of aliphatic carboxylic acids is 1. The first-order valence-electron chi connectivity index (χ1n) is 16.0. The Balaban J connectivity index is 4.56. The van der Waals surface area contributed by atoms with E-state index in [0.29, 0.717) is 12.8 Å². The highest BCUT2D eigenvalue weighted by molar-refractivity contribution is 7.47. The predicted molar refractivity (Wildman–Crippen MR) is 171 cm³/mol. The monoisotopic (exact) mass is 645 g/mol. The van der Waals surface area contributed by atoms with Crippen LogP contribution in [0.3, 0.4) is 0 Å². The number of esters is 2. The van der Waals surface area contributed by atoms with Crippen LogP contribution in [-0.4, -0.2) is 59.9 Å². The van der Waals surface area contributed by atoms with Gasteiger partial charge >= 0.3 is 25.7 Å². The quantitative estimate of drug-likeness (QED) is 0.0333. The minimum atomic E-state index is -4.70. The second-order valence-electron chi connectivity index (χ2n) is 10.6. The zero-order valence-corrected chi connectivity index (χ0v) is 27.6. The van der Waals surface area contributed by atoms with Crippen molar-refractivity contribution < 1.29 is 47.5 Å². The molecule has 0 saturated carbocycles. The Kier molecular flexibility index (Phi) is 26.7. The molecule has 0 aliphatic carbocycles. The van der Waals surface area contributed by atoms with Gasteiger partial charge in [0.25, 0.3) is 0 Å². The summed E-state index contributed by atoms with van der Waals surface area (Å²) in [5, 5.41) is 8.81. The number of carboxylic acid groups (broad SMARTS) is 1. The van der Waals surface area contributed by atoms with Crippen molar-refractivity contribution in [3.63, 3.8) is 0 Å². The van der Waals surface area contributed by atoms with Crippen LogP contribution in [0.1, 0.15) is 117 Å². The van der Waals surface area contributed by atoms with Gasteiger partial charge < -0.3 is 25.2 Å². The van der Waals surface area contributed by atoms with Crippen LogP contribution in [0.25, 0.3) is 0 Å². The van der Waals surface area contributed by atoms with Crippen molar-refractivity contribution in [2.45, 2.75) is 129 Å². The van der Waals surface area contributed by atoms with E-state index in [1.807, 2.05) is 24.3 Å². The molecule has 0 aromatic carbocycles. The number of hydrogen-bond donors (Lipinski definition) is 3. The Morgan fingerprint density at radius 2 is 1.27 bits per heavy atom. The molecule has 12 heteroatoms. The van der Waals surface area contributed by atoms with Gasteiger partial charge in [0, 0.05) is 12.8 Å². The van der Waals surface area contributed by atoms with Gasteiger partial charge in [0.2, 0.25) is 0 Å². The summed E-state index contributed by atoms with van der Waals surface area (Å²) in [6.45, 7) is 2.54. The van der Waals surface area contributed by atoms with Crippen molar-refractivity contribution in [2.24, 2.45) is 5.73 Å². The first-order valence-corrected chi connectivity index (χ1v) is 17.5. The van der Waals surface area contributed by atoms with E-state index < -0.39 is 51.1 Å². The summed E-state index contributed by atoms with van der Waals surface area (Å²) in [5.41, 5.74) is 5.28. The largest absolute Gasteiger partial charge is 0.480 e. The number of nitrogens with two attached hydrogens (primary N) is 1. The predicted octanol–water partition coefficient (Wildman–Crippen LogP) is 6.94. The Morgan fingerprint density at radius 3 is 1.89 bits per heavy atom. The van der Waals surface area contributed by atoms with Gasteiger partial charge in [-0.3, -0.25) is 23.4 Å². The fourth-order valence-electron chi connectivity index (χ4n) is 3.89. The molecule has 44 heavy (non-hydrogen) atoms. The lowest BCUT2D eigenvalue weighted by Crippen LogP contribution is -2.34. The summed E-state index contributed by atoms with van der Waals surface area (Å²) >= 11 is 0. The van der Waals surface area contributed by atoms with E-state index in [0.717, 1.165) is 57.8 Å². The molecular weight excluding hydrogens is 589 g/mol. The molecule has 0 amide bonds. The highest BCUT2D eigenvalue weighted by atomic mass is 31.2. The molecule has 0 aliphatic rings. The lowest BCUT2D eigenvalue weighted by molar-refractivity contribution is -0.161. The molecule has 0 aliphatic heterocycles. The van der Waals surface area contributed by atoms with Crippen molar-refractivity contribution in [3.05, 3.63) is 36.5 Å². The van der Waals surface area contributed by atoms with Crippen molar-refractivity contribution >= 4 is 25.7 Å². The van der Waals surface area contributed by atoms with Crippen LogP contribution in [0.4, 0.5) is 0 Å². The highest BCUT2D eigenvalue weighted by Gasteiger charge is 2.28. The third kappa shape index (κ3) is 27.3. The standard InChI is InChI=1S/C32H56NO10P/c1-3-5-7-9-11-12-13-14-15-16-18-20-22-24-31(35)43-28(26-41-44(38,39)42-27-29(33)32(36)37)25-40-30(34)23-21-19-17-10-8-6-4-2/h5,7,9,11-13,28-29H,3-4,6,8,10,14-27,33H2,1-2H3,(H,36,37)(H,38,39)/b7-5+,11-9+,13-12+/t28?,29-/m0/s1. The third-order valence-corrected chi connectivity index (χ3v) is 7.41. The van der Waals surface area contributed by atoms with Crippen LogP contribution >= 0.6 is 7.82 Å². The van der Waals surface area contributed by atoms with Crippen LogP contribution < -0.4 is 5.73 Å². The number of phosphoric ester groups is 1. The van der Waals surface area contributed by atoms with E-state index in [9.17, 15) is 23.8 Å². The zero-order chi connectivity index (χ0) is 32.9. The highest BCUT2D eigenvalue weighted by Crippen LogP contribution is 2.43. The molecule has 11 nitrogen and oxygen atoms in total. The van der Waals surface area contributed by atoms with Gasteiger partial charge in [-0.15, -0.1) is 0 Å². The van der Waals surface area contributed by atoms with Crippen molar-refractivity contribution in [1.82, 2.24) is 0 Å². The van der Waals surface area contributed by atoms with Crippen LogP contribution in [0.15, 0.2) is 36.5 Å². The molecular formula is C32H56NO10P. The fraction of sp³-hybridized carbons (Fsp3) is 0.719. The van der Waals surface area contributed by atoms with Gasteiger partial charge in [-0.1, -0.05) is 108 Å². The average molecular weight is 646 g/mol.